The third-order valence-electron chi connectivity index (χ3n) is 7.41. The molecule has 0 saturated carbocycles. The van der Waals surface area contributed by atoms with Crippen LogP contribution in [-0.4, -0.2) is 59.2 Å². The molecule has 2 heterocycles. The first-order chi connectivity index (χ1) is 20.3. The van der Waals surface area contributed by atoms with Crippen molar-refractivity contribution in [3.05, 3.63) is 92.1 Å². The lowest BCUT2D eigenvalue weighted by atomic mass is 9.75. The van der Waals surface area contributed by atoms with Crippen LogP contribution in [0.1, 0.15) is 54.3 Å². The number of carbonyl (C=O) groups is 5. The zero-order chi connectivity index (χ0) is 31.1. The zero-order valence-corrected chi connectivity index (χ0v) is 26.4. The van der Waals surface area contributed by atoms with Crippen molar-refractivity contribution in [2.24, 2.45) is 0 Å². The molecule has 0 radical (unpaired) electrons. The van der Waals surface area contributed by atoms with Crippen LogP contribution in [0.15, 0.2) is 81.0 Å². The number of esters is 3. The lowest BCUT2D eigenvalue weighted by molar-refractivity contribution is -0.329. The summed E-state index contributed by atoms with van der Waals surface area (Å²) in [5.74, 6) is -5.99. The molecule has 12 heteroatoms. The maximum Gasteiger partial charge on any atom is 0.338 e. The molecule has 1 spiro atoms. The van der Waals surface area contributed by atoms with E-state index in [4.69, 9.17) is 23.7 Å². The van der Waals surface area contributed by atoms with Crippen molar-refractivity contribution in [1.82, 2.24) is 0 Å². The fraction of sp³-hybridized carbons (Fsp3) is 0.323. The summed E-state index contributed by atoms with van der Waals surface area (Å²) in [4.78, 5) is 65.5. The summed E-state index contributed by atoms with van der Waals surface area (Å²) in [5.41, 5.74) is -1.91. The Morgan fingerprint density at radius 1 is 0.884 bits per heavy atom. The first-order valence-corrected chi connectivity index (χ1v) is 14.9. The molecule has 2 aromatic carbocycles. The number of Topliss-reactive ketones (excluding diaryl/α,β-unsaturated/α-hetero) is 1. The molecule has 1 saturated heterocycles. The van der Waals surface area contributed by atoms with Crippen molar-refractivity contribution in [2.75, 3.05) is 0 Å². The van der Waals surface area contributed by atoms with Gasteiger partial charge in [-0.05, 0) is 81.3 Å². The Labute approximate surface area is 263 Å². The van der Waals surface area contributed by atoms with Gasteiger partial charge >= 0.3 is 17.9 Å². The van der Waals surface area contributed by atoms with Gasteiger partial charge in [-0.15, -0.1) is 0 Å². The van der Waals surface area contributed by atoms with Gasteiger partial charge in [0.25, 0.3) is 5.79 Å². The van der Waals surface area contributed by atoms with E-state index in [9.17, 15) is 24.0 Å². The van der Waals surface area contributed by atoms with Gasteiger partial charge in [-0.2, -0.15) is 0 Å². The van der Waals surface area contributed by atoms with Gasteiger partial charge in [0.05, 0.1) is 29.1 Å². The largest absolute Gasteiger partial charge is 0.461 e. The number of fused-ring (bicyclic) bond motifs is 1. The van der Waals surface area contributed by atoms with E-state index in [1.807, 2.05) is 0 Å². The van der Waals surface area contributed by atoms with Gasteiger partial charge < -0.3 is 23.7 Å². The van der Waals surface area contributed by atoms with Gasteiger partial charge in [-0.1, -0.05) is 31.9 Å². The number of hydrogen-bond donors (Lipinski definition) is 0. The number of ether oxygens (including phenoxy) is 5. The maximum atomic E-state index is 13.6. The van der Waals surface area contributed by atoms with Crippen molar-refractivity contribution in [3.8, 4) is 0 Å². The molecule has 5 atom stereocenters. The molecular formula is C31H26Br2O10. The molecule has 224 valence electrons. The Kier molecular flexibility index (Phi) is 8.47. The van der Waals surface area contributed by atoms with E-state index in [2.05, 4.69) is 31.9 Å². The van der Waals surface area contributed by atoms with Crippen molar-refractivity contribution < 1.29 is 47.7 Å². The second-order valence-electron chi connectivity index (χ2n) is 10.5. The second-order valence-corrected chi connectivity index (χ2v) is 12.3. The normalized spacial score (nSPS) is 28.2. The van der Waals surface area contributed by atoms with Gasteiger partial charge in [-0.25, -0.2) is 9.59 Å². The molecule has 5 rings (SSSR count). The highest BCUT2D eigenvalue weighted by molar-refractivity contribution is 9.10. The number of hydrogen-bond acceptors (Lipinski definition) is 10. The van der Waals surface area contributed by atoms with E-state index < -0.39 is 59.2 Å². The molecule has 2 aromatic rings. The van der Waals surface area contributed by atoms with E-state index in [1.54, 1.807) is 43.3 Å². The summed E-state index contributed by atoms with van der Waals surface area (Å²) in [7, 11) is 0. The molecule has 1 fully saturated rings. The third-order valence-corrected chi connectivity index (χ3v) is 8.46. The molecule has 2 aliphatic heterocycles. The molecule has 0 N–H and O–H groups in total. The summed E-state index contributed by atoms with van der Waals surface area (Å²) < 4.78 is 31.0. The highest BCUT2D eigenvalue weighted by atomic mass is 79.9. The summed E-state index contributed by atoms with van der Waals surface area (Å²) in [6.45, 7) is 4.03. The van der Waals surface area contributed by atoms with E-state index in [1.165, 1.54) is 19.1 Å². The number of benzene rings is 2. The van der Waals surface area contributed by atoms with Crippen LogP contribution >= 0.6 is 31.9 Å². The van der Waals surface area contributed by atoms with Crippen LogP contribution in [0.5, 0.6) is 0 Å². The van der Waals surface area contributed by atoms with Gasteiger partial charge in [0.1, 0.15) is 0 Å². The maximum absolute atomic E-state index is 13.6. The summed E-state index contributed by atoms with van der Waals surface area (Å²) in [6, 6.07) is 12.9. The minimum absolute atomic E-state index is 0.0323. The van der Waals surface area contributed by atoms with E-state index in [-0.39, 0.29) is 28.7 Å². The van der Waals surface area contributed by atoms with E-state index in [0.29, 0.717) is 6.42 Å². The van der Waals surface area contributed by atoms with Crippen molar-refractivity contribution in [3.63, 3.8) is 0 Å². The van der Waals surface area contributed by atoms with Gasteiger partial charge in [0.2, 0.25) is 17.2 Å². The van der Waals surface area contributed by atoms with Crippen LogP contribution in [0.2, 0.25) is 0 Å². The Morgan fingerprint density at radius 2 is 1.44 bits per heavy atom. The molecule has 1 aliphatic carbocycles. The van der Waals surface area contributed by atoms with Crippen molar-refractivity contribution in [1.29, 1.82) is 0 Å². The van der Waals surface area contributed by atoms with Gasteiger partial charge in [0.15, 0.2) is 12.2 Å². The number of carbonyl (C=O) groups excluding carboxylic acids is 5. The average Bonchev–Trinajstić information content (AvgIpc) is 2.95. The molecule has 0 unspecified atom stereocenters. The summed E-state index contributed by atoms with van der Waals surface area (Å²) in [6.07, 6.45) is -0.250. The Hall–Kier alpha value is -3.61. The second kappa shape index (κ2) is 11.8. The topological polar surface area (TPSA) is 132 Å². The lowest BCUT2D eigenvalue weighted by Gasteiger charge is -2.50. The number of halogens is 2. The smallest absolute Gasteiger partial charge is 0.338 e. The SMILES string of the molecule is CC(=O)O[C@@]1(C)C(=O)C=C2C(=CO[C@@]3(O[C@@H](C)CC[C@H]3OC(=O)c3ccc(Br)cc3)[C@@H]2OC(=O)c2ccc(Br)cc2)C1=O. The highest BCUT2D eigenvalue weighted by Gasteiger charge is 2.63. The fourth-order valence-electron chi connectivity index (χ4n) is 5.21. The van der Waals surface area contributed by atoms with E-state index >= 15 is 0 Å². The standard InChI is InChI=1S/C31H26Br2O10/c1-16-4-13-25(40-28(37)18-5-9-20(32)10-6-18)31(42-16)27(41-29(38)19-7-11-21(33)12-8-19)22-14-24(35)30(3,43-17(2)34)26(36)23(22)15-39-31/h5-12,14-16,25,27H,4,13H2,1-3H3/t16-,25+,27+,30-,31-/m0/s1. The Morgan fingerprint density at radius 3 is 2.00 bits per heavy atom. The zero-order valence-electron chi connectivity index (χ0n) is 23.3. The fourth-order valence-corrected chi connectivity index (χ4v) is 5.74. The minimum Gasteiger partial charge on any atom is -0.461 e. The Bertz CT molecular complexity index is 1560. The van der Waals surface area contributed by atoms with Crippen molar-refractivity contribution >= 4 is 61.3 Å². The minimum atomic E-state index is -2.15. The first kappa shape index (κ1) is 30.8. The molecule has 43 heavy (non-hydrogen) atoms. The predicted molar refractivity (Wildman–Crippen MR) is 157 cm³/mol. The molecule has 0 amide bonds. The van der Waals surface area contributed by atoms with Crippen LogP contribution in [0.25, 0.3) is 0 Å². The Balaban J connectivity index is 1.60. The van der Waals surface area contributed by atoms with Crippen molar-refractivity contribution in [2.45, 2.75) is 63.3 Å². The molecule has 0 bridgehead atoms. The molecule has 3 aliphatic rings. The number of rotatable bonds is 5. The highest BCUT2D eigenvalue weighted by Crippen LogP contribution is 2.47. The van der Waals surface area contributed by atoms with Crippen LogP contribution in [0, 0.1) is 0 Å². The van der Waals surface area contributed by atoms with Crippen LogP contribution < -0.4 is 0 Å². The monoisotopic (exact) mass is 716 g/mol. The average molecular weight is 718 g/mol. The van der Waals surface area contributed by atoms with Gasteiger partial charge in [-0.3, -0.25) is 14.4 Å². The molecular weight excluding hydrogens is 692 g/mol. The van der Waals surface area contributed by atoms with Crippen LogP contribution in [0.3, 0.4) is 0 Å². The molecule has 10 nitrogen and oxygen atoms in total. The van der Waals surface area contributed by atoms with Crippen LogP contribution in [-0.2, 0) is 38.1 Å². The third kappa shape index (κ3) is 5.83. The first-order valence-electron chi connectivity index (χ1n) is 13.3. The predicted octanol–water partition coefficient (Wildman–Crippen LogP) is 5.17. The molecule has 0 aromatic heterocycles. The summed E-state index contributed by atoms with van der Waals surface area (Å²) >= 11 is 6.66. The van der Waals surface area contributed by atoms with E-state index in [0.717, 1.165) is 28.2 Å². The lowest BCUT2D eigenvalue weighted by Crippen LogP contribution is -2.65. The van der Waals surface area contributed by atoms with Crippen LogP contribution in [0.4, 0.5) is 0 Å². The summed E-state index contributed by atoms with van der Waals surface area (Å²) in [5, 5.41) is 0. The van der Waals surface area contributed by atoms with Gasteiger partial charge in [0, 0.05) is 21.4 Å². The number of ketones is 2. The quantitative estimate of drug-likeness (QED) is 0.232.